The van der Waals surface area contributed by atoms with Gasteiger partial charge in [-0.2, -0.15) is 0 Å². The van der Waals surface area contributed by atoms with E-state index < -0.39 is 6.10 Å². The van der Waals surface area contributed by atoms with Gasteiger partial charge in [0.15, 0.2) is 0 Å². The Bertz CT molecular complexity index is 223. The van der Waals surface area contributed by atoms with Gasteiger partial charge in [-0.25, -0.2) is 0 Å². The van der Waals surface area contributed by atoms with Crippen molar-refractivity contribution in [2.45, 2.75) is 31.9 Å². The second-order valence-electron chi connectivity index (χ2n) is 5.29. The first-order valence-corrected chi connectivity index (χ1v) is 7.16. The van der Waals surface area contributed by atoms with Crippen LogP contribution in [0.5, 0.6) is 0 Å². The molecule has 0 spiro atoms. The molecule has 1 rings (SSSR count). The molecule has 0 radical (unpaired) electrons. The van der Waals surface area contributed by atoms with E-state index >= 15 is 0 Å². The Morgan fingerprint density at radius 2 is 1.84 bits per heavy atom. The Kier molecular flexibility index (Phi) is 8.57. The second-order valence-corrected chi connectivity index (χ2v) is 5.29. The Morgan fingerprint density at radius 3 is 2.42 bits per heavy atom. The quantitative estimate of drug-likeness (QED) is 0.533. The maximum atomic E-state index is 10.0. The Labute approximate surface area is 116 Å². The van der Waals surface area contributed by atoms with Crippen molar-refractivity contribution in [3.8, 4) is 0 Å². The lowest BCUT2D eigenvalue weighted by Gasteiger charge is -2.30. The largest absolute Gasteiger partial charge is 0.389 e. The van der Waals surface area contributed by atoms with Crippen molar-refractivity contribution in [3.63, 3.8) is 0 Å². The van der Waals surface area contributed by atoms with Crippen LogP contribution in [0.3, 0.4) is 0 Å². The highest BCUT2D eigenvalue weighted by atomic mass is 16.5. The highest BCUT2D eigenvalue weighted by Gasteiger charge is 2.32. The fraction of sp³-hybridized carbons (Fsp3) is 1.00. The van der Waals surface area contributed by atoms with E-state index in [-0.39, 0.29) is 0 Å². The van der Waals surface area contributed by atoms with Crippen LogP contribution in [0.2, 0.25) is 0 Å². The summed E-state index contributed by atoms with van der Waals surface area (Å²) in [7, 11) is 3.36. The van der Waals surface area contributed by atoms with E-state index in [9.17, 15) is 5.11 Å². The SMILES string of the molecule is COCCOCC(O)CN(CCOC)C(C)C1CC1. The molecular formula is C14H29NO4. The van der Waals surface area contributed by atoms with Crippen LogP contribution in [0, 0.1) is 5.92 Å². The van der Waals surface area contributed by atoms with E-state index in [4.69, 9.17) is 14.2 Å². The van der Waals surface area contributed by atoms with E-state index in [1.165, 1.54) is 12.8 Å². The Morgan fingerprint density at radius 1 is 1.16 bits per heavy atom. The molecule has 1 aliphatic rings. The minimum absolute atomic E-state index is 0.365. The topological polar surface area (TPSA) is 51.2 Å². The fourth-order valence-electron chi connectivity index (χ4n) is 2.23. The Balaban J connectivity index is 2.24. The van der Waals surface area contributed by atoms with Gasteiger partial charge in [-0.3, -0.25) is 4.90 Å². The van der Waals surface area contributed by atoms with Gasteiger partial charge in [0.1, 0.15) is 0 Å². The molecule has 1 saturated carbocycles. The van der Waals surface area contributed by atoms with Gasteiger partial charge in [0.25, 0.3) is 0 Å². The van der Waals surface area contributed by atoms with E-state index in [1.54, 1.807) is 14.2 Å². The molecular weight excluding hydrogens is 246 g/mol. The van der Waals surface area contributed by atoms with Crippen molar-refractivity contribution in [2.75, 3.05) is 53.7 Å². The highest BCUT2D eigenvalue weighted by molar-refractivity contribution is 4.86. The zero-order chi connectivity index (χ0) is 14.1. The summed E-state index contributed by atoms with van der Waals surface area (Å²) in [4.78, 5) is 2.31. The van der Waals surface area contributed by atoms with Crippen LogP contribution in [0.15, 0.2) is 0 Å². The standard InChI is InChI=1S/C14H29NO4/c1-12(13-4-5-13)15(6-7-17-2)10-14(16)11-19-9-8-18-3/h12-14,16H,4-11H2,1-3H3. The predicted octanol–water partition coefficient (Wildman–Crippen LogP) is 0.757. The molecule has 0 amide bonds. The van der Waals surface area contributed by atoms with Crippen molar-refractivity contribution in [2.24, 2.45) is 5.92 Å². The molecule has 19 heavy (non-hydrogen) atoms. The zero-order valence-electron chi connectivity index (χ0n) is 12.5. The first-order valence-electron chi connectivity index (χ1n) is 7.16. The van der Waals surface area contributed by atoms with Crippen molar-refractivity contribution < 1.29 is 19.3 Å². The molecule has 114 valence electrons. The molecule has 1 N–H and O–H groups in total. The van der Waals surface area contributed by atoms with E-state index in [0.717, 1.165) is 12.5 Å². The third kappa shape index (κ3) is 7.22. The van der Waals surface area contributed by atoms with Crippen LogP contribution in [-0.2, 0) is 14.2 Å². The monoisotopic (exact) mass is 275 g/mol. The molecule has 1 aliphatic carbocycles. The van der Waals surface area contributed by atoms with Gasteiger partial charge in [0, 0.05) is 33.4 Å². The number of rotatable bonds is 12. The van der Waals surface area contributed by atoms with E-state index in [1.807, 2.05) is 0 Å². The number of methoxy groups -OCH3 is 2. The molecule has 0 aromatic heterocycles. The Hall–Kier alpha value is -0.200. The smallest absolute Gasteiger partial charge is 0.0900 e. The molecule has 1 fully saturated rings. The lowest BCUT2D eigenvalue weighted by Crippen LogP contribution is -2.43. The normalized spacial score (nSPS) is 18.8. The van der Waals surface area contributed by atoms with Crippen molar-refractivity contribution in [3.05, 3.63) is 0 Å². The molecule has 0 heterocycles. The lowest BCUT2D eigenvalue weighted by atomic mass is 10.1. The molecule has 2 unspecified atom stereocenters. The maximum Gasteiger partial charge on any atom is 0.0900 e. The number of hydrogen-bond donors (Lipinski definition) is 1. The summed E-state index contributed by atoms with van der Waals surface area (Å²) in [6, 6.07) is 0.517. The predicted molar refractivity (Wildman–Crippen MR) is 74.3 cm³/mol. The first-order chi connectivity index (χ1) is 9.19. The zero-order valence-corrected chi connectivity index (χ0v) is 12.5. The van der Waals surface area contributed by atoms with Gasteiger partial charge in [-0.15, -0.1) is 0 Å². The molecule has 2 atom stereocenters. The van der Waals surface area contributed by atoms with Crippen LogP contribution in [-0.4, -0.2) is 75.9 Å². The molecule has 5 heteroatoms. The van der Waals surface area contributed by atoms with Gasteiger partial charge in [0.2, 0.25) is 0 Å². The van der Waals surface area contributed by atoms with Crippen LogP contribution < -0.4 is 0 Å². The van der Waals surface area contributed by atoms with Crippen molar-refractivity contribution in [1.82, 2.24) is 4.90 Å². The number of aliphatic hydroxyl groups excluding tert-OH is 1. The minimum Gasteiger partial charge on any atom is -0.389 e. The summed E-state index contributed by atoms with van der Waals surface area (Å²) < 4.78 is 15.4. The van der Waals surface area contributed by atoms with Crippen molar-refractivity contribution in [1.29, 1.82) is 0 Å². The average molecular weight is 275 g/mol. The molecule has 5 nitrogen and oxygen atoms in total. The van der Waals surface area contributed by atoms with Gasteiger partial charge >= 0.3 is 0 Å². The second kappa shape index (κ2) is 9.66. The van der Waals surface area contributed by atoms with Crippen LogP contribution >= 0.6 is 0 Å². The number of nitrogens with zero attached hydrogens (tertiary/aromatic N) is 1. The van der Waals surface area contributed by atoms with E-state index in [2.05, 4.69) is 11.8 Å². The molecule has 0 saturated heterocycles. The highest BCUT2D eigenvalue weighted by Crippen LogP contribution is 2.35. The molecule has 0 aromatic rings. The van der Waals surface area contributed by atoms with Crippen LogP contribution in [0.1, 0.15) is 19.8 Å². The van der Waals surface area contributed by atoms with Gasteiger partial charge in [-0.05, 0) is 25.7 Å². The van der Waals surface area contributed by atoms with Crippen LogP contribution in [0.4, 0.5) is 0 Å². The van der Waals surface area contributed by atoms with Gasteiger partial charge in [0.05, 0.1) is 32.5 Å². The van der Waals surface area contributed by atoms with Gasteiger partial charge < -0.3 is 19.3 Å². The van der Waals surface area contributed by atoms with Crippen molar-refractivity contribution >= 4 is 0 Å². The summed E-state index contributed by atoms with van der Waals surface area (Å²) in [5, 5.41) is 10.0. The van der Waals surface area contributed by atoms with Crippen LogP contribution in [0.25, 0.3) is 0 Å². The summed E-state index contributed by atoms with van der Waals surface area (Å²) in [5.74, 6) is 0.790. The molecule has 0 aliphatic heterocycles. The number of ether oxygens (including phenoxy) is 3. The third-order valence-corrected chi connectivity index (χ3v) is 3.65. The summed E-state index contributed by atoms with van der Waals surface area (Å²) >= 11 is 0. The summed E-state index contributed by atoms with van der Waals surface area (Å²) in [5.41, 5.74) is 0. The lowest BCUT2D eigenvalue weighted by molar-refractivity contribution is -0.0104. The average Bonchev–Trinajstić information content (AvgIpc) is 3.23. The first kappa shape index (κ1) is 16.9. The third-order valence-electron chi connectivity index (χ3n) is 3.65. The molecule has 0 bridgehead atoms. The number of aliphatic hydroxyl groups is 1. The minimum atomic E-state index is -0.449. The maximum absolute atomic E-state index is 10.0. The number of hydrogen-bond acceptors (Lipinski definition) is 5. The summed E-state index contributed by atoms with van der Waals surface area (Å²) in [6.45, 7) is 5.92. The molecule has 0 aromatic carbocycles. The van der Waals surface area contributed by atoms with Gasteiger partial charge in [-0.1, -0.05) is 0 Å². The summed E-state index contributed by atoms with van der Waals surface area (Å²) in [6.07, 6.45) is 2.17. The fourth-order valence-corrected chi connectivity index (χ4v) is 2.23. The van der Waals surface area contributed by atoms with E-state index in [0.29, 0.717) is 39.0 Å².